The van der Waals surface area contributed by atoms with Gasteiger partial charge in [-0.3, -0.25) is 0 Å². The van der Waals surface area contributed by atoms with Gasteiger partial charge in [0.25, 0.3) is 0 Å². The first-order valence-electron chi connectivity index (χ1n) is 7.76. The molecule has 1 N–H and O–H groups in total. The minimum atomic E-state index is -0.285. The fraction of sp³-hybridized carbons (Fsp3) is 0.474. The van der Waals surface area contributed by atoms with E-state index in [1.54, 1.807) is 7.11 Å². The van der Waals surface area contributed by atoms with Crippen LogP contribution < -0.4 is 10.1 Å². The molecule has 0 aliphatic carbocycles. The van der Waals surface area contributed by atoms with E-state index in [9.17, 15) is 0 Å². The van der Waals surface area contributed by atoms with E-state index in [0.717, 1.165) is 11.4 Å². The number of nitrogens with one attached hydrogen (secondary N) is 1. The Morgan fingerprint density at radius 2 is 1.64 bits per heavy atom. The number of benzene rings is 1. The molecule has 120 valence electrons. The lowest BCUT2D eigenvalue weighted by molar-refractivity contribution is 0.416. The zero-order chi connectivity index (χ0) is 16.5. The molecule has 0 bridgehead atoms. The summed E-state index contributed by atoms with van der Waals surface area (Å²) >= 11 is 0. The average Bonchev–Trinajstić information content (AvgIpc) is 2.41. The Hall–Kier alpha value is -1.27. The van der Waals surface area contributed by atoms with Crippen molar-refractivity contribution in [2.75, 3.05) is 12.4 Å². The molecule has 0 radical (unpaired) electrons. The van der Waals surface area contributed by atoms with E-state index in [2.05, 4.69) is 70.9 Å². The predicted molar refractivity (Wildman–Crippen MR) is 100 cm³/mol. The molecule has 1 heterocycles. The van der Waals surface area contributed by atoms with Crippen molar-refractivity contribution >= 4 is 19.7 Å². The molecule has 0 spiro atoms. The van der Waals surface area contributed by atoms with Crippen LogP contribution in [0.4, 0.5) is 5.69 Å². The standard InChI is InChI=1S/C19H28NOP/c1-18(2,3)22(19(4,5)6)13-15-12-11-14-9-8-10-16(21-7)17(14)20-15/h8-13,20H,1-7H3/b15-13+. The first kappa shape index (κ1) is 17.1. The SMILES string of the molecule is COc1cccc2c1N/C(=C/P(C(C)(C)C)C(C)(C)C)C=C2. The van der Waals surface area contributed by atoms with Gasteiger partial charge in [0, 0.05) is 11.3 Å². The normalized spacial score (nSPS) is 16.6. The van der Waals surface area contributed by atoms with Gasteiger partial charge in [0.05, 0.1) is 12.8 Å². The van der Waals surface area contributed by atoms with Crippen LogP contribution in [-0.4, -0.2) is 17.4 Å². The zero-order valence-corrected chi connectivity index (χ0v) is 15.7. The second-order valence-electron chi connectivity index (χ2n) is 7.68. The van der Waals surface area contributed by atoms with Crippen LogP contribution in [0, 0.1) is 0 Å². The molecule has 1 aromatic rings. The Morgan fingerprint density at radius 3 is 2.18 bits per heavy atom. The van der Waals surface area contributed by atoms with Crippen LogP contribution in [0.1, 0.15) is 47.1 Å². The van der Waals surface area contributed by atoms with E-state index in [1.807, 2.05) is 12.1 Å². The molecule has 0 fully saturated rings. The first-order chi connectivity index (χ1) is 10.1. The van der Waals surface area contributed by atoms with E-state index in [1.165, 1.54) is 11.3 Å². The molecule has 0 saturated carbocycles. The molecule has 0 amide bonds. The molecule has 2 rings (SSSR count). The van der Waals surface area contributed by atoms with E-state index in [4.69, 9.17) is 4.74 Å². The second kappa shape index (κ2) is 6.08. The average molecular weight is 317 g/mol. The minimum Gasteiger partial charge on any atom is -0.495 e. The third kappa shape index (κ3) is 3.73. The number of anilines is 1. The highest BCUT2D eigenvalue weighted by atomic mass is 31.1. The van der Waals surface area contributed by atoms with Gasteiger partial charge in [-0.25, -0.2) is 0 Å². The van der Waals surface area contributed by atoms with Crippen LogP contribution in [0.15, 0.2) is 35.8 Å². The van der Waals surface area contributed by atoms with Gasteiger partial charge in [0.2, 0.25) is 0 Å². The summed E-state index contributed by atoms with van der Waals surface area (Å²) in [6.07, 6.45) is 4.34. The maximum absolute atomic E-state index is 5.48. The number of hydrogen-bond donors (Lipinski definition) is 1. The Labute approximate surface area is 136 Å². The zero-order valence-electron chi connectivity index (χ0n) is 14.8. The van der Waals surface area contributed by atoms with Crippen LogP contribution in [0.25, 0.3) is 6.08 Å². The number of allylic oxidation sites excluding steroid dienone is 1. The lowest BCUT2D eigenvalue weighted by atomic mass is 10.1. The fourth-order valence-electron chi connectivity index (χ4n) is 2.96. The fourth-order valence-corrected chi connectivity index (χ4v) is 6.18. The van der Waals surface area contributed by atoms with Crippen LogP contribution >= 0.6 is 7.92 Å². The number of fused-ring (bicyclic) bond motifs is 1. The number of hydrogen-bond acceptors (Lipinski definition) is 2. The van der Waals surface area contributed by atoms with Gasteiger partial charge in [0.15, 0.2) is 0 Å². The summed E-state index contributed by atoms with van der Waals surface area (Å²) in [5, 5.41) is 4.11. The Kier molecular flexibility index (Phi) is 4.73. The third-order valence-electron chi connectivity index (χ3n) is 3.70. The molecule has 1 aromatic carbocycles. The van der Waals surface area contributed by atoms with Crippen molar-refractivity contribution in [1.29, 1.82) is 0 Å². The summed E-state index contributed by atoms with van der Waals surface area (Å²) in [6.45, 7) is 14.0. The smallest absolute Gasteiger partial charge is 0.142 e. The van der Waals surface area contributed by atoms with Crippen LogP contribution in [-0.2, 0) is 0 Å². The summed E-state index contributed by atoms with van der Waals surface area (Å²) in [7, 11) is 1.43. The monoisotopic (exact) mass is 317 g/mol. The van der Waals surface area contributed by atoms with Gasteiger partial charge in [-0.1, -0.05) is 67.7 Å². The van der Waals surface area contributed by atoms with Crippen molar-refractivity contribution in [3.05, 3.63) is 41.4 Å². The van der Waals surface area contributed by atoms with E-state index < -0.39 is 0 Å². The van der Waals surface area contributed by atoms with Crippen molar-refractivity contribution in [2.45, 2.75) is 51.9 Å². The number of methoxy groups -OCH3 is 1. The largest absolute Gasteiger partial charge is 0.495 e. The van der Waals surface area contributed by atoms with Gasteiger partial charge in [0.1, 0.15) is 5.75 Å². The molecular weight excluding hydrogens is 289 g/mol. The van der Waals surface area contributed by atoms with E-state index in [-0.39, 0.29) is 18.2 Å². The second-order valence-corrected chi connectivity index (χ2v) is 11.4. The van der Waals surface area contributed by atoms with Crippen molar-refractivity contribution in [3.8, 4) is 5.75 Å². The summed E-state index contributed by atoms with van der Waals surface area (Å²) < 4.78 is 5.48. The topological polar surface area (TPSA) is 21.3 Å². The highest BCUT2D eigenvalue weighted by Gasteiger charge is 2.33. The Bertz CT molecular complexity index is 589. The highest BCUT2D eigenvalue weighted by molar-refractivity contribution is 7.64. The quantitative estimate of drug-likeness (QED) is 0.670. The molecule has 2 nitrogen and oxygen atoms in total. The number of ether oxygens (including phenoxy) is 1. The maximum Gasteiger partial charge on any atom is 0.142 e. The molecule has 0 atom stereocenters. The van der Waals surface area contributed by atoms with Crippen molar-refractivity contribution in [1.82, 2.24) is 0 Å². The van der Waals surface area contributed by atoms with Crippen molar-refractivity contribution in [2.24, 2.45) is 0 Å². The maximum atomic E-state index is 5.48. The molecule has 0 saturated heterocycles. The summed E-state index contributed by atoms with van der Waals surface area (Å²) in [4.78, 5) is 0. The van der Waals surface area contributed by atoms with Crippen LogP contribution in [0.3, 0.4) is 0 Å². The summed E-state index contributed by atoms with van der Waals surface area (Å²) in [5.74, 6) is 3.32. The first-order valence-corrected chi connectivity index (χ1v) is 9.17. The van der Waals surface area contributed by atoms with E-state index >= 15 is 0 Å². The lowest BCUT2D eigenvalue weighted by Crippen LogP contribution is -2.24. The Balaban J connectivity index is 2.39. The molecule has 0 unspecified atom stereocenters. The molecular formula is C19H28NOP. The Morgan fingerprint density at radius 1 is 1.00 bits per heavy atom. The molecule has 1 aliphatic rings. The third-order valence-corrected chi connectivity index (χ3v) is 7.13. The van der Waals surface area contributed by atoms with Crippen molar-refractivity contribution in [3.63, 3.8) is 0 Å². The van der Waals surface area contributed by atoms with Crippen LogP contribution in [0.2, 0.25) is 0 Å². The van der Waals surface area contributed by atoms with Gasteiger partial charge in [-0.15, -0.1) is 0 Å². The van der Waals surface area contributed by atoms with Crippen LogP contribution in [0.5, 0.6) is 5.75 Å². The predicted octanol–water partition coefficient (Wildman–Crippen LogP) is 6.05. The van der Waals surface area contributed by atoms with E-state index in [0.29, 0.717) is 0 Å². The molecule has 0 aromatic heterocycles. The lowest BCUT2D eigenvalue weighted by Gasteiger charge is -2.40. The van der Waals surface area contributed by atoms with Gasteiger partial charge < -0.3 is 10.1 Å². The number of rotatable bonds is 2. The minimum absolute atomic E-state index is 0.275. The van der Waals surface area contributed by atoms with Gasteiger partial charge in [-0.2, -0.15) is 0 Å². The molecule has 3 heteroatoms. The summed E-state index contributed by atoms with van der Waals surface area (Å²) in [6, 6.07) is 6.13. The van der Waals surface area contributed by atoms with Crippen molar-refractivity contribution < 1.29 is 4.74 Å². The highest BCUT2D eigenvalue weighted by Crippen LogP contribution is 2.61. The molecule has 22 heavy (non-hydrogen) atoms. The van der Waals surface area contributed by atoms with Gasteiger partial charge in [-0.05, 0) is 28.3 Å². The van der Waals surface area contributed by atoms with Gasteiger partial charge >= 0.3 is 0 Å². The number of para-hydroxylation sites is 1. The summed E-state index contributed by atoms with van der Waals surface area (Å²) in [5.41, 5.74) is 3.41. The molecule has 1 aliphatic heterocycles.